The summed E-state index contributed by atoms with van der Waals surface area (Å²) in [6, 6.07) is 3.62. The summed E-state index contributed by atoms with van der Waals surface area (Å²) in [6.45, 7) is 9.92. The van der Waals surface area contributed by atoms with E-state index in [-0.39, 0.29) is 34.8 Å². The number of methoxy groups -OCH3 is 1. The third-order valence-corrected chi connectivity index (χ3v) is 7.58. The summed E-state index contributed by atoms with van der Waals surface area (Å²) < 4.78 is 27.5. The molecule has 0 saturated carbocycles. The number of carbonyl (C=O) groups excluding carboxylic acids is 1. The van der Waals surface area contributed by atoms with Crippen LogP contribution in [0.3, 0.4) is 0 Å². The van der Waals surface area contributed by atoms with E-state index in [0.29, 0.717) is 41.2 Å². The van der Waals surface area contributed by atoms with Gasteiger partial charge in [0, 0.05) is 39.1 Å². The Labute approximate surface area is 214 Å². The van der Waals surface area contributed by atoms with Crippen LogP contribution in [0.1, 0.15) is 17.3 Å². The summed E-state index contributed by atoms with van der Waals surface area (Å²) in [5.74, 6) is -0.843. The molecule has 9 nitrogen and oxygen atoms in total. The third-order valence-electron chi connectivity index (χ3n) is 5.65. The fourth-order valence-corrected chi connectivity index (χ4v) is 4.79. The lowest BCUT2D eigenvalue weighted by Gasteiger charge is -2.15. The van der Waals surface area contributed by atoms with Crippen LogP contribution in [0.25, 0.3) is 33.5 Å². The Balaban J connectivity index is 1.73. The zero-order chi connectivity index (χ0) is 26.0. The molecule has 0 bridgehead atoms. The molecule has 2 N–H and O–H groups in total. The highest BCUT2D eigenvalue weighted by Gasteiger charge is 2.22. The topological polar surface area (TPSA) is 107 Å². The number of aromatic amines is 1. The summed E-state index contributed by atoms with van der Waals surface area (Å²) in [6.07, 6.45) is 3.20. The Kier molecular flexibility index (Phi) is 7.74. The average molecular weight is 533 g/mol. The number of nitrogens with one attached hydrogen (secondary N) is 2. The minimum atomic E-state index is -1.24. The van der Waals surface area contributed by atoms with Crippen LogP contribution in [0.4, 0.5) is 4.39 Å². The van der Waals surface area contributed by atoms with Crippen LogP contribution in [0.2, 0.25) is 30.7 Å². The van der Waals surface area contributed by atoms with Gasteiger partial charge in [-0.25, -0.2) is 14.4 Å². The van der Waals surface area contributed by atoms with E-state index >= 15 is 0 Å². The number of nitrogens with zero attached hydrogens (tertiary/aromatic N) is 4. The summed E-state index contributed by atoms with van der Waals surface area (Å²) in [5.41, 5.74) is 2.24. The van der Waals surface area contributed by atoms with Crippen LogP contribution < -0.4 is 5.32 Å². The molecule has 12 heteroatoms. The fraction of sp³-hybridized carbons (Fsp3) is 0.417. The molecule has 3 heterocycles. The van der Waals surface area contributed by atoms with E-state index in [1.54, 1.807) is 23.9 Å². The molecule has 192 valence electrons. The highest BCUT2D eigenvalue weighted by atomic mass is 35.5. The van der Waals surface area contributed by atoms with Gasteiger partial charge in [-0.3, -0.25) is 9.89 Å². The van der Waals surface area contributed by atoms with E-state index in [2.05, 4.69) is 45.1 Å². The molecule has 3 aromatic heterocycles. The molecule has 0 unspecified atom stereocenters. The highest BCUT2D eigenvalue weighted by molar-refractivity contribution is 6.76. The Morgan fingerprint density at radius 3 is 2.83 bits per heavy atom. The molecular formula is C24H30ClFN6O3Si. The third kappa shape index (κ3) is 5.75. The maximum absolute atomic E-state index is 14.7. The van der Waals surface area contributed by atoms with Gasteiger partial charge in [0.05, 0.1) is 29.3 Å². The highest BCUT2D eigenvalue weighted by Crippen LogP contribution is 2.31. The lowest BCUT2D eigenvalue weighted by Crippen LogP contribution is -2.35. The van der Waals surface area contributed by atoms with Gasteiger partial charge in [-0.1, -0.05) is 31.2 Å². The number of benzene rings is 1. The van der Waals surface area contributed by atoms with Crippen molar-refractivity contribution in [3.05, 3.63) is 40.9 Å². The van der Waals surface area contributed by atoms with Gasteiger partial charge in [-0.05, 0) is 25.1 Å². The molecule has 0 aliphatic rings. The van der Waals surface area contributed by atoms with Gasteiger partial charge in [-0.2, -0.15) is 5.10 Å². The number of fused-ring (bicyclic) bond motifs is 2. The Bertz CT molecular complexity index is 1400. The molecule has 0 aliphatic heterocycles. The Morgan fingerprint density at radius 2 is 2.11 bits per heavy atom. The van der Waals surface area contributed by atoms with E-state index in [1.165, 1.54) is 12.3 Å². The summed E-state index contributed by atoms with van der Waals surface area (Å²) in [5, 5.41) is 10.4. The number of carbonyl (C=O) groups is 1. The standard InChI is InChI=1S/C24H30ClFN6O3Si/c1-14(12-34-2)28-24(33)16-11-32(13-35-6-7-36(3,4)5)23-21(16)29-19(10-27-23)22-20-17(26)8-15(25)9-18(20)30-31-22/h8-11,14H,6-7,12-13H2,1-5H3,(H,28,33)(H,30,31)/t14-/m0/s1. The van der Waals surface area contributed by atoms with Crippen LogP contribution >= 0.6 is 11.6 Å². The monoisotopic (exact) mass is 532 g/mol. The van der Waals surface area contributed by atoms with Crippen molar-refractivity contribution in [1.29, 1.82) is 0 Å². The van der Waals surface area contributed by atoms with Crippen LogP contribution in [0.5, 0.6) is 0 Å². The molecule has 36 heavy (non-hydrogen) atoms. The van der Waals surface area contributed by atoms with Gasteiger partial charge in [0.15, 0.2) is 5.65 Å². The number of ether oxygens (including phenoxy) is 2. The zero-order valence-corrected chi connectivity index (χ0v) is 22.7. The smallest absolute Gasteiger partial charge is 0.255 e. The number of H-pyrrole nitrogens is 1. The molecule has 4 rings (SSSR count). The summed E-state index contributed by atoms with van der Waals surface area (Å²) >= 11 is 5.98. The van der Waals surface area contributed by atoms with Gasteiger partial charge >= 0.3 is 0 Å². The molecule has 0 aliphatic carbocycles. The second-order valence-electron chi connectivity index (χ2n) is 10.0. The molecule has 0 fully saturated rings. The van der Waals surface area contributed by atoms with Crippen molar-refractivity contribution in [2.75, 3.05) is 20.3 Å². The number of halogens is 2. The van der Waals surface area contributed by atoms with Crippen molar-refractivity contribution in [1.82, 2.24) is 30.0 Å². The van der Waals surface area contributed by atoms with Gasteiger partial charge in [0.25, 0.3) is 5.91 Å². The number of amides is 1. The van der Waals surface area contributed by atoms with Crippen molar-refractivity contribution in [2.24, 2.45) is 0 Å². The largest absolute Gasteiger partial charge is 0.383 e. The minimum absolute atomic E-state index is 0.209. The average Bonchev–Trinajstić information content (AvgIpc) is 3.37. The molecule has 0 spiro atoms. The number of hydrogen-bond acceptors (Lipinski definition) is 6. The van der Waals surface area contributed by atoms with E-state index in [4.69, 9.17) is 21.1 Å². The number of hydrogen-bond donors (Lipinski definition) is 2. The van der Waals surface area contributed by atoms with Crippen LogP contribution in [-0.2, 0) is 16.2 Å². The zero-order valence-electron chi connectivity index (χ0n) is 21.0. The van der Waals surface area contributed by atoms with Gasteiger partial charge in [0.1, 0.15) is 29.5 Å². The molecule has 1 amide bonds. The van der Waals surface area contributed by atoms with E-state index in [9.17, 15) is 9.18 Å². The van der Waals surface area contributed by atoms with Crippen molar-refractivity contribution in [3.63, 3.8) is 0 Å². The molecule has 0 saturated heterocycles. The molecule has 0 radical (unpaired) electrons. The van der Waals surface area contributed by atoms with E-state index < -0.39 is 13.9 Å². The second kappa shape index (κ2) is 10.6. The summed E-state index contributed by atoms with van der Waals surface area (Å²) in [7, 11) is 0.330. The summed E-state index contributed by atoms with van der Waals surface area (Å²) in [4.78, 5) is 22.4. The van der Waals surface area contributed by atoms with Crippen LogP contribution in [0.15, 0.2) is 24.5 Å². The number of aromatic nitrogens is 5. The van der Waals surface area contributed by atoms with Crippen molar-refractivity contribution < 1.29 is 18.7 Å². The van der Waals surface area contributed by atoms with E-state index in [0.717, 1.165) is 6.04 Å². The Hall–Kier alpha value is -2.86. The lowest BCUT2D eigenvalue weighted by atomic mass is 10.1. The molecule has 1 aromatic carbocycles. The first-order chi connectivity index (χ1) is 17.1. The van der Waals surface area contributed by atoms with E-state index in [1.807, 2.05) is 6.92 Å². The first kappa shape index (κ1) is 26.2. The molecular weight excluding hydrogens is 503 g/mol. The Morgan fingerprint density at radius 1 is 1.33 bits per heavy atom. The minimum Gasteiger partial charge on any atom is -0.383 e. The number of rotatable bonds is 10. The SMILES string of the molecule is COC[C@H](C)NC(=O)c1cn(COCC[Si](C)(C)C)c2ncc(-c3n[nH]c4cc(Cl)cc(F)c34)nc12. The van der Waals surface area contributed by atoms with Crippen molar-refractivity contribution in [3.8, 4) is 11.4 Å². The van der Waals surface area contributed by atoms with Gasteiger partial charge in [-0.15, -0.1) is 0 Å². The first-order valence-corrected chi connectivity index (χ1v) is 15.7. The second-order valence-corrected chi connectivity index (χ2v) is 16.1. The predicted octanol–water partition coefficient (Wildman–Crippen LogP) is 4.84. The molecule has 4 aromatic rings. The predicted molar refractivity (Wildman–Crippen MR) is 140 cm³/mol. The van der Waals surface area contributed by atoms with Crippen molar-refractivity contribution in [2.45, 2.75) is 45.4 Å². The van der Waals surface area contributed by atoms with Crippen LogP contribution in [-0.4, -0.2) is 65.1 Å². The molecule has 1 atom stereocenters. The lowest BCUT2D eigenvalue weighted by molar-refractivity contribution is 0.0881. The quantitative estimate of drug-likeness (QED) is 0.223. The van der Waals surface area contributed by atoms with Gasteiger partial charge < -0.3 is 19.4 Å². The normalized spacial score (nSPS) is 13.0. The maximum Gasteiger partial charge on any atom is 0.255 e. The fourth-order valence-electron chi connectivity index (χ4n) is 3.82. The first-order valence-electron chi connectivity index (χ1n) is 11.6. The maximum atomic E-state index is 14.7. The van der Waals surface area contributed by atoms with Gasteiger partial charge in [0.2, 0.25) is 0 Å². The van der Waals surface area contributed by atoms with Crippen LogP contribution in [0, 0.1) is 5.82 Å². The van der Waals surface area contributed by atoms with Crippen molar-refractivity contribution >= 4 is 47.6 Å².